The smallest absolute Gasteiger partial charge is 0.225 e. The van der Waals surface area contributed by atoms with E-state index in [0.29, 0.717) is 12.3 Å². The first-order valence-corrected chi connectivity index (χ1v) is 6.65. The summed E-state index contributed by atoms with van der Waals surface area (Å²) in [6.45, 7) is 0. The van der Waals surface area contributed by atoms with Crippen molar-refractivity contribution in [2.24, 2.45) is 0 Å². The highest BCUT2D eigenvalue weighted by atomic mass is 35.5. The van der Waals surface area contributed by atoms with Crippen LogP contribution in [-0.2, 0) is 11.2 Å². The first kappa shape index (κ1) is 13.6. The number of halogens is 1. The van der Waals surface area contributed by atoms with Gasteiger partial charge in [0.05, 0.1) is 0 Å². The van der Waals surface area contributed by atoms with E-state index in [1.54, 1.807) is 12.4 Å². The lowest BCUT2D eigenvalue weighted by Gasteiger charge is -2.06. The van der Waals surface area contributed by atoms with Gasteiger partial charge in [-0.15, -0.1) is 11.6 Å². The third-order valence-electron chi connectivity index (χ3n) is 2.72. The topological polar surface area (TPSA) is 42.0 Å². The number of nitrogens with one attached hydrogen (secondary N) is 1. The maximum absolute atomic E-state index is 11.4. The number of hydrogen-bond acceptors (Lipinski definition) is 2. The van der Waals surface area contributed by atoms with Crippen molar-refractivity contribution in [3.8, 4) is 0 Å². The van der Waals surface area contributed by atoms with Gasteiger partial charge >= 0.3 is 0 Å². The molecule has 1 heterocycles. The highest BCUT2D eigenvalue weighted by Gasteiger charge is 2.01. The van der Waals surface area contributed by atoms with E-state index in [1.807, 2.05) is 36.4 Å². The summed E-state index contributed by atoms with van der Waals surface area (Å²) < 4.78 is 0. The van der Waals surface area contributed by atoms with Gasteiger partial charge in [-0.1, -0.05) is 12.1 Å². The SMILES string of the molecule is O=C(CCCl)Nc1ccc(Cc2ccncc2)cc1. The van der Waals surface area contributed by atoms with Crippen molar-refractivity contribution < 1.29 is 4.79 Å². The number of nitrogens with zero attached hydrogens (tertiary/aromatic N) is 1. The van der Waals surface area contributed by atoms with Gasteiger partial charge in [0.15, 0.2) is 0 Å². The van der Waals surface area contributed by atoms with E-state index < -0.39 is 0 Å². The Morgan fingerprint density at radius 1 is 1.05 bits per heavy atom. The van der Waals surface area contributed by atoms with Crippen molar-refractivity contribution in [3.05, 3.63) is 59.9 Å². The minimum Gasteiger partial charge on any atom is -0.326 e. The van der Waals surface area contributed by atoms with Gasteiger partial charge in [0.25, 0.3) is 0 Å². The molecule has 0 unspecified atom stereocenters. The summed E-state index contributed by atoms with van der Waals surface area (Å²) in [7, 11) is 0. The molecule has 98 valence electrons. The number of alkyl halides is 1. The van der Waals surface area contributed by atoms with E-state index in [-0.39, 0.29) is 5.91 Å². The van der Waals surface area contributed by atoms with Gasteiger partial charge in [-0.05, 0) is 41.8 Å². The van der Waals surface area contributed by atoms with Crippen LogP contribution in [0.1, 0.15) is 17.5 Å². The Bertz CT molecular complexity index is 526. The van der Waals surface area contributed by atoms with Gasteiger partial charge < -0.3 is 5.32 Å². The van der Waals surface area contributed by atoms with Crippen LogP contribution in [0.2, 0.25) is 0 Å². The summed E-state index contributed by atoms with van der Waals surface area (Å²) in [6, 6.07) is 11.8. The van der Waals surface area contributed by atoms with Crippen LogP contribution < -0.4 is 5.32 Å². The molecule has 0 aliphatic rings. The maximum Gasteiger partial charge on any atom is 0.225 e. The van der Waals surface area contributed by atoms with Crippen molar-refractivity contribution in [1.29, 1.82) is 0 Å². The Kier molecular flexibility index (Phi) is 4.93. The van der Waals surface area contributed by atoms with Gasteiger partial charge in [-0.25, -0.2) is 0 Å². The first-order chi connectivity index (χ1) is 9.28. The number of carbonyl (C=O) groups is 1. The van der Waals surface area contributed by atoms with Gasteiger partial charge in [0.2, 0.25) is 5.91 Å². The number of amides is 1. The van der Waals surface area contributed by atoms with E-state index in [1.165, 1.54) is 11.1 Å². The Morgan fingerprint density at radius 3 is 2.32 bits per heavy atom. The third-order valence-corrected chi connectivity index (χ3v) is 2.91. The monoisotopic (exact) mass is 274 g/mol. The number of carbonyl (C=O) groups excluding carboxylic acids is 1. The average Bonchev–Trinajstić information content (AvgIpc) is 2.42. The number of benzene rings is 1. The van der Waals surface area contributed by atoms with Crippen LogP contribution in [0.4, 0.5) is 5.69 Å². The van der Waals surface area contributed by atoms with Crippen molar-refractivity contribution in [3.63, 3.8) is 0 Å². The molecule has 19 heavy (non-hydrogen) atoms. The molecule has 2 aromatic rings. The highest BCUT2D eigenvalue weighted by Crippen LogP contribution is 2.13. The van der Waals surface area contributed by atoms with Crippen LogP contribution in [0.25, 0.3) is 0 Å². The predicted octanol–water partition coefficient (Wildman–Crippen LogP) is 3.24. The fourth-order valence-corrected chi connectivity index (χ4v) is 1.92. The lowest BCUT2D eigenvalue weighted by Crippen LogP contribution is -2.11. The number of pyridine rings is 1. The first-order valence-electron chi connectivity index (χ1n) is 6.11. The molecule has 1 aromatic heterocycles. The maximum atomic E-state index is 11.4. The average molecular weight is 275 g/mol. The van der Waals surface area contributed by atoms with Crippen LogP contribution in [0, 0.1) is 0 Å². The molecule has 0 aliphatic heterocycles. The Balaban J connectivity index is 1.97. The number of hydrogen-bond donors (Lipinski definition) is 1. The van der Waals surface area contributed by atoms with Crippen LogP contribution in [0.3, 0.4) is 0 Å². The molecule has 0 aliphatic carbocycles. The van der Waals surface area contributed by atoms with Crippen LogP contribution in [0.5, 0.6) is 0 Å². The molecule has 1 N–H and O–H groups in total. The molecule has 2 rings (SSSR count). The molecule has 1 amide bonds. The van der Waals surface area contributed by atoms with E-state index in [9.17, 15) is 4.79 Å². The minimum atomic E-state index is -0.0584. The van der Waals surface area contributed by atoms with E-state index in [0.717, 1.165) is 12.1 Å². The van der Waals surface area contributed by atoms with E-state index >= 15 is 0 Å². The number of anilines is 1. The second-order valence-corrected chi connectivity index (χ2v) is 4.59. The second-order valence-electron chi connectivity index (χ2n) is 4.22. The molecular formula is C15H15ClN2O. The van der Waals surface area contributed by atoms with Gasteiger partial charge in [0, 0.05) is 30.4 Å². The van der Waals surface area contributed by atoms with Gasteiger partial charge in [0.1, 0.15) is 0 Å². The number of rotatable bonds is 5. The lowest BCUT2D eigenvalue weighted by atomic mass is 10.1. The van der Waals surface area contributed by atoms with E-state index in [4.69, 9.17) is 11.6 Å². The summed E-state index contributed by atoms with van der Waals surface area (Å²) in [4.78, 5) is 15.4. The molecule has 1 aromatic carbocycles. The molecule has 0 atom stereocenters. The fraction of sp³-hybridized carbons (Fsp3) is 0.200. The summed E-state index contributed by atoms with van der Waals surface area (Å²) in [5, 5.41) is 2.80. The summed E-state index contributed by atoms with van der Waals surface area (Å²) >= 11 is 5.51. The van der Waals surface area contributed by atoms with Crippen LogP contribution in [0.15, 0.2) is 48.8 Å². The zero-order valence-corrected chi connectivity index (χ0v) is 11.2. The second kappa shape index (κ2) is 6.90. The lowest BCUT2D eigenvalue weighted by molar-refractivity contribution is -0.115. The minimum absolute atomic E-state index is 0.0584. The molecule has 0 saturated carbocycles. The molecular weight excluding hydrogens is 260 g/mol. The van der Waals surface area contributed by atoms with Gasteiger partial charge in [-0.2, -0.15) is 0 Å². The molecule has 3 nitrogen and oxygen atoms in total. The van der Waals surface area contributed by atoms with Crippen LogP contribution >= 0.6 is 11.6 Å². The molecule has 4 heteroatoms. The van der Waals surface area contributed by atoms with Crippen molar-refractivity contribution in [2.45, 2.75) is 12.8 Å². The molecule has 0 fully saturated rings. The highest BCUT2D eigenvalue weighted by molar-refractivity contribution is 6.19. The summed E-state index contributed by atoms with van der Waals surface area (Å²) in [5.74, 6) is 0.281. The molecule has 0 bridgehead atoms. The van der Waals surface area contributed by atoms with Crippen molar-refractivity contribution in [2.75, 3.05) is 11.2 Å². The van der Waals surface area contributed by atoms with Crippen molar-refractivity contribution >= 4 is 23.2 Å². The summed E-state index contributed by atoms with van der Waals surface area (Å²) in [5.41, 5.74) is 3.21. The van der Waals surface area contributed by atoms with E-state index in [2.05, 4.69) is 10.3 Å². The molecule has 0 radical (unpaired) electrons. The fourth-order valence-electron chi connectivity index (χ4n) is 1.75. The summed E-state index contributed by atoms with van der Waals surface area (Å²) in [6.07, 6.45) is 4.77. The zero-order chi connectivity index (χ0) is 13.5. The molecule has 0 spiro atoms. The largest absolute Gasteiger partial charge is 0.326 e. The van der Waals surface area contributed by atoms with Gasteiger partial charge in [-0.3, -0.25) is 9.78 Å². The quantitative estimate of drug-likeness (QED) is 0.851. The Labute approximate surface area is 117 Å². The third kappa shape index (κ3) is 4.38. The zero-order valence-electron chi connectivity index (χ0n) is 10.5. The predicted molar refractivity (Wildman–Crippen MR) is 77.5 cm³/mol. The normalized spacial score (nSPS) is 10.2. The standard InChI is InChI=1S/C15H15ClN2O/c16-8-5-15(19)18-14-3-1-12(2-4-14)11-13-6-9-17-10-7-13/h1-4,6-7,9-10H,5,8,11H2,(H,18,19). The molecule has 0 saturated heterocycles. The van der Waals surface area contributed by atoms with Crippen LogP contribution in [-0.4, -0.2) is 16.8 Å². The van der Waals surface area contributed by atoms with Crippen molar-refractivity contribution in [1.82, 2.24) is 4.98 Å². The number of aromatic nitrogens is 1. The Hall–Kier alpha value is -1.87. The Morgan fingerprint density at radius 2 is 1.68 bits per heavy atom.